The van der Waals surface area contributed by atoms with E-state index in [1.807, 2.05) is 12.1 Å². The molecule has 0 unspecified atom stereocenters. The quantitative estimate of drug-likeness (QED) is 0.656. The van der Waals surface area contributed by atoms with E-state index in [0.29, 0.717) is 40.0 Å². The number of anilines is 2. The summed E-state index contributed by atoms with van der Waals surface area (Å²) in [5.41, 5.74) is 2.61. The van der Waals surface area contributed by atoms with Crippen molar-refractivity contribution >= 4 is 34.8 Å². The van der Waals surface area contributed by atoms with E-state index >= 15 is 0 Å². The minimum absolute atomic E-state index is 0.0296. The Morgan fingerprint density at radius 3 is 2.53 bits per heavy atom. The first kappa shape index (κ1) is 19.8. The molecule has 1 heterocycles. The number of amides is 2. The molecule has 3 aromatic rings. The fraction of sp³-hybridized carbons (Fsp3) is 0.130. The van der Waals surface area contributed by atoms with Crippen molar-refractivity contribution in [2.24, 2.45) is 0 Å². The summed E-state index contributed by atoms with van der Waals surface area (Å²) >= 11 is 5.95. The average molecular weight is 423 g/mol. The molecule has 30 heavy (non-hydrogen) atoms. The van der Waals surface area contributed by atoms with E-state index in [2.05, 4.69) is 5.32 Å². The van der Waals surface area contributed by atoms with Gasteiger partial charge in [0.05, 0.1) is 19.3 Å². The van der Waals surface area contributed by atoms with Crippen molar-refractivity contribution in [2.45, 2.75) is 6.54 Å². The molecule has 0 saturated carbocycles. The lowest BCUT2D eigenvalue weighted by atomic mass is 10.1. The number of rotatable bonds is 5. The third kappa shape index (κ3) is 4.23. The van der Waals surface area contributed by atoms with E-state index in [4.69, 9.17) is 21.1 Å². The van der Waals surface area contributed by atoms with Gasteiger partial charge in [0.15, 0.2) is 6.61 Å². The maximum absolute atomic E-state index is 12.6. The van der Waals surface area contributed by atoms with Crippen molar-refractivity contribution in [3.63, 3.8) is 0 Å². The van der Waals surface area contributed by atoms with Crippen LogP contribution < -0.4 is 19.7 Å². The topological polar surface area (TPSA) is 67.9 Å². The molecular weight excluding hydrogens is 404 g/mol. The van der Waals surface area contributed by atoms with Crippen LogP contribution in [0.1, 0.15) is 15.9 Å². The van der Waals surface area contributed by atoms with Crippen LogP contribution in [0.15, 0.2) is 66.7 Å². The van der Waals surface area contributed by atoms with Gasteiger partial charge in [-0.05, 0) is 60.2 Å². The summed E-state index contributed by atoms with van der Waals surface area (Å²) < 4.78 is 10.7. The number of carbonyl (C=O) groups excluding carboxylic acids is 2. The molecule has 0 aromatic heterocycles. The molecule has 1 aliphatic heterocycles. The fourth-order valence-corrected chi connectivity index (χ4v) is 3.30. The molecule has 2 amide bonds. The van der Waals surface area contributed by atoms with Crippen molar-refractivity contribution in [1.29, 1.82) is 0 Å². The molecule has 0 atom stereocenters. The molecule has 0 fully saturated rings. The highest BCUT2D eigenvalue weighted by Crippen LogP contribution is 2.35. The number of hydrogen-bond donors (Lipinski definition) is 1. The van der Waals surface area contributed by atoms with Gasteiger partial charge < -0.3 is 19.7 Å². The van der Waals surface area contributed by atoms with Crippen molar-refractivity contribution in [3.05, 3.63) is 82.9 Å². The normalized spacial score (nSPS) is 12.7. The van der Waals surface area contributed by atoms with E-state index in [9.17, 15) is 9.59 Å². The summed E-state index contributed by atoms with van der Waals surface area (Å²) in [4.78, 5) is 26.7. The number of benzene rings is 3. The van der Waals surface area contributed by atoms with Crippen molar-refractivity contribution in [1.82, 2.24) is 0 Å². The van der Waals surface area contributed by atoms with Crippen LogP contribution in [-0.4, -0.2) is 25.5 Å². The molecule has 0 bridgehead atoms. The summed E-state index contributed by atoms with van der Waals surface area (Å²) in [5, 5.41) is 3.50. The highest BCUT2D eigenvalue weighted by molar-refractivity contribution is 6.30. The SMILES string of the molecule is COc1ccc(C(=O)Nc2ccc3c(c2)N(Cc2ccc(Cl)cc2)C(=O)CO3)cc1. The molecule has 0 radical (unpaired) electrons. The largest absolute Gasteiger partial charge is 0.497 e. The number of fused-ring (bicyclic) bond motifs is 1. The van der Waals surface area contributed by atoms with Gasteiger partial charge in [-0.3, -0.25) is 9.59 Å². The van der Waals surface area contributed by atoms with Crippen LogP contribution in [-0.2, 0) is 11.3 Å². The van der Waals surface area contributed by atoms with Gasteiger partial charge in [0.1, 0.15) is 11.5 Å². The zero-order valence-electron chi connectivity index (χ0n) is 16.2. The molecular formula is C23H19ClN2O4. The predicted octanol–water partition coefficient (Wildman–Crippen LogP) is 4.53. The monoisotopic (exact) mass is 422 g/mol. The first-order chi connectivity index (χ1) is 14.5. The lowest BCUT2D eigenvalue weighted by Crippen LogP contribution is -2.38. The first-order valence-corrected chi connectivity index (χ1v) is 9.68. The van der Waals surface area contributed by atoms with Crippen LogP contribution in [0.2, 0.25) is 5.02 Å². The van der Waals surface area contributed by atoms with E-state index in [-0.39, 0.29) is 18.4 Å². The molecule has 3 aromatic carbocycles. The summed E-state index contributed by atoms with van der Waals surface area (Å²) in [6.45, 7) is 0.348. The summed E-state index contributed by atoms with van der Waals surface area (Å²) in [6, 6.07) is 19.4. The van der Waals surface area contributed by atoms with Crippen molar-refractivity contribution in [3.8, 4) is 11.5 Å². The van der Waals surface area contributed by atoms with E-state index < -0.39 is 0 Å². The number of ether oxygens (including phenoxy) is 2. The second-order valence-corrected chi connectivity index (χ2v) is 7.20. The highest BCUT2D eigenvalue weighted by atomic mass is 35.5. The molecule has 1 N–H and O–H groups in total. The van der Waals surface area contributed by atoms with Crippen LogP contribution in [0.3, 0.4) is 0 Å². The lowest BCUT2D eigenvalue weighted by Gasteiger charge is -2.30. The molecule has 1 aliphatic rings. The molecule has 0 spiro atoms. The second-order valence-electron chi connectivity index (χ2n) is 6.76. The fourth-order valence-electron chi connectivity index (χ4n) is 3.17. The van der Waals surface area contributed by atoms with Crippen LogP contribution in [0, 0.1) is 0 Å². The molecule has 4 rings (SSSR count). The smallest absolute Gasteiger partial charge is 0.265 e. The number of nitrogens with one attached hydrogen (secondary N) is 1. The predicted molar refractivity (Wildman–Crippen MR) is 116 cm³/mol. The average Bonchev–Trinajstić information content (AvgIpc) is 2.77. The Kier molecular flexibility index (Phi) is 5.59. The van der Waals surface area contributed by atoms with Crippen LogP contribution in [0.4, 0.5) is 11.4 Å². The van der Waals surface area contributed by atoms with Gasteiger partial charge in [-0.25, -0.2) is 0 Å². The third-order valence-corrected chi connectivity index (χ3v) is 5.02. The van der Waals surface area contributed by atoms with Crippen molar-refractivity contribution in [2.75, 3.05) is 23.9 Å². The maximum atomic E-state index is 12.6. The lowest BCUT2D eigenvalue weighted by molar-refractivity contribution is -0.121. The molecule has 6 nitrogen and oxygen atoms in total. The minimum atomic E-state index is -0.259. The van der Waals surface area contributed by atoms with Crippen LogP contribution in [0.25, 0.3) is 0 Å². The summed E-state index contributed by atoms with van der Waals surface area (Å²) in [7, 11) is 1.57. The third-order valence-electron chi connectivity index (χ3n) is 4.77. The standard InChI is InChI=1S/C23H19ClN2O4/c1-29-19-9-4-16(5-10-19)23(28)25-18-8-11-21-20(12-18)26(22(27)14-30-21)13-15-2-6-17(24)7-3-15/h2-12H,13-14H2,1H3,(H,25,28). The maximum Gasteiger partial charge on any atom is 0.265 e. The van der Waals surface area contributed by atoms with Gasteiger partial charge in [0.2, 0.25) is 0 Å². The molecule has 7 heteroatoms. The Labute approximate surface area is 179 Å². The Morgan fingerprint density at radius 1 is 1.10 bits per heavy atom. The van der Waals surface area contributed by atoms with E-state index in [0.717, 1.165) is 5.56 Å². The second kappa shape index (κ2) is 8.47. The van der Waals surface area contributed by atoms with E-state index in [1.54, 1.807) is 66.6 Å². The van der Waals surface area contributed by atoms with Gasteiger partial charge in [0, 0.05) is 16.3 Å². The number of carbonyl (C=O) groups is 2. The van der Waals surface area contributed by atoms with Crippen LogP contribution in [0.5, 0.6) is 11.5 Å². The van der Waals surface area contributed by atoms with E-state index in [1.165, 1.54) is 0 Å². The van der Waals surface area contributed by atoms with Gasteiger partial charge >= 0.3 is 0 Å². The van der Waals surface area contributed by atoms with Gasteiger partial charge in [-0.15, -0.1) is 0 Å². The van der Waals surface area contributed by atoms with Gasteiger partial charge in [0.25, 0.3) is 11.8 Å². The zero-order chi connectivity index (χ0) is 21.1. The number of hydrogen-bond acceptors (Lipinski definition) is 4. The molecule has 0 saturated heterocycles. The Balaban J connectivity index is 1.57. The molecule has 152 valence electrons. The van der Waals surface area contributed by atoms with Crippen LogP contribution >= 0.6 is 11.6 Å². The Hall–Kier alpha value is -3.51. The van der Waals surface area contributed by atoms with Gasteiger partial charge in [-0.1, -0.05) is 23.7 Å². The first-order valence-electron chi connectivity index (χ1n) is 9.30. The molecule has 0 aliphatic carbocycles. The zero-order valence-corrected chi connectivity index (χ0v) is 17.0. The Morgan fingerprint density at radius 2 is 1.83 bits per heavy atom. The summed E-state index contributed by atoms with van der Waals surface area (Å²) in [6.07, 6.45) is 0. The van der Waals surface area contributed by atoms with Gasteiger partial charge in [-0.2, -0.15) is 0 Å². The minimum Gasteiger partial charge on any atom is -0.497 e. The number of halogens is 1. The number of methoxy groups -OCH3 is 1. The number of nitrogens with zero attached hydrogens (tertiary/aromatic N) is 1. The Bertz CT molecular complexity index is 1080. The van der Waals surface area contributed by atoms with Crippen molar-refractivity contribution < 1.29 is 19.1 Å². The highest BCUT2D eigenvalue weighted by Gasteiger charge is 2.26. The summed E-state index contributed by atoms with van der Waals surface area (Å²) in [5.74, 6) is 0.848.